The van der Waals surface area contributed by atoms with E-state index in [0.29, 0.717) is 16.6 Å². The zero-order valence-corrected chi connectivity index (χ0v) is 9.07. The summed E-state index contributed by atoms with van der Waals surface area (Å²) >= 11 is 0. The maximum absolute atomic E-state index is 12.1. The lowest BCUT2D eigenvalue weighted by Crippen LogP contribution is -2.20. The Morgan fingerprint density at radius 1 is 1.17 bits per heavy atom. The number of carbonyl (C=O) groups is 1. The monoisotopic (exact) mass is 241 g/mol. The fraction of sp³-hybridized carbons (Fsp3) is 0. The number of nitrogens with zero attached hydrogens (tertiary/aromatic N) is 3. The molecule has 6 nitrogen and oxygen atoms in total. The first-order valence-corrected chi connectivity index (χ1v) is 5.19. The molecule has 0 radical (unpaired) electrons. The van der Waals surface area contributed by atoms with Crippen LogP contribution in [-0.4, -0.2) is 25.7 Å². The van der Waals surface area contributed by atoms with Crippen molar-refractivity contribution in [2.45, 2.75) is 0 Å². The maximum atomic E-state index is 12.1. The van der Waals surface area contributed by atoms with Crippen LogP contribution in [0.4, 0.5) is 0 Å². The Labute approximate surface area is 100 Å². The van der Waals surface area contributed by atoms with Crippen LogP contribution in [0.25, 0.3) is 16.6 Å². The molecule has 88 valence electrons. The van der Waals surface area contributed by atoms with Crippen molar-refractivity contribution in [2.75, 3.05) is 0 Å². The first-order valence-electron chi connectivity index (χ1n) is 5.19. The molecule has 0 unspecified atom stereocenters. The minimum atomic E-state index is -1.18. The molecule has 0 saturated heterocycles. The second kappa shape index (κ2) is 3.63. The standard InChI is InChI=1S/C12H7N3O3/c16-11-7-3-1-2-4-8(7)13-10-6-5-9(12(17)18)14-15(10)11/h1-6H,(H,17,18). The van der Waals surface area contributed by atoms with Crippen LogP contribution < -0.4 is 5.56 Å². The number of carboxylic acids is 1. The van der Waals surface area contributed by atoms with E-state index in [1.807, 2.05) is 0 Å². The van der Waals surface area contributed by atoms with Gasteiger partial charge in [-0.2, -0.15) is 9.61 Å². The maximum Gasteiger partial charge on any atom is 0.356 e. The highest BCUT2D eigenvalue weighted by atomic mass is 16.4. The van der Waals surface area contributed by atoms with E-state index in [4.69, 9.17) is 5.11 Å². The number of carboxylic acid groups (broad SMARTS) is 1. The molecule has 0 atom stereocenters. The van der Waals surface area contributed by atoms with Crippen LogP contribution in [0.3, 0.4) is 0 Å². The Balaban J connectivity index is 2.49. The molecule has 0 spiro atoms. The summed E-state index contributed by atoms with van der Waals surface area (Å²) in [6.07, 6.45) is 0. The van der Waals surface area contributed by atoms with Gasteiger partial charge >= 0.3 is 5.97 Å². The molecule has 0 saturated carbocycles. The normalized spacial score (nSPS) is 10.9. The van der Waals surface area contributed by atoms with Crippen LogP contribution in [0, 0.1) is 0 Å². The number of para-hydroxylation sites is 1. The van der Waals surface area contributed by atoms with E-state index in [1.165, 1.54) is 12.1 Å². The number of hydrogen-bond donors (Lipinski definition) is 1. The SMILES string of the molecule is O=C(O)c1ccc2nc3ccccc3c(=O)n2n1. The molecule has 1 N–H and O–H groups in total. The van der Waals surface area contributed by atoms with Gasteiger partial charge in [0.1, 0.15) is 0 Å². The quantitative estimate of drug-likeness (QED) is 0.641. The van der Waals surface area contributed by atoms with Crippen molar-refractivity contribution in [1.29, 1.82) is 0 Å². The first-order chi connectivity index (χ1) is 8.66. The van der Waals surface area contributed by atoms with Gasteiger partial charge in [-0.15, -0.1) is 0 Å². The highest BCUT2D eigenvalue weighted by Crippen LogP contribution is 2.08. The molecule has 6 heteroatoms. The van der Waals surface area contributed by atoms with Gasteiger partial charge < -0.3 is 5.11 Å². The summed E-state index contributed by atoms with van der Waals surface area (Å²) in [5, 5.41) is 13.0. The summed E-state index contributed by atoms with van der Waals surface area (Å²) in [5.41, 5.74) is 0.316. The third-order valence-electron chi connectivity index (χ3n) is 2.60. The molecule has 2 heterocycles. The lowest BCUT2D eigenvalue weighted by molar-refractivity contribution is 0.0688. The summed E-state index contributed by atoms with van der Waals surface area (Å²) in [7, 11) is 0. The minimum Gasteiger partial charge on any atom is -0.476 e. The molecule has 1 aromatic carbocycles. The lowest BCUT2D eigenvalue weighted by atomic mass is 10.2. The summed E-state index contributed by atoms with van der Waals surface area (Å²) in [6.45, 7) is 0. The van der Waals surface area contributed by atoms with Crippen molar-refractivity contribution in [3.63, 3.8) is 0 Å². The van der Waals surface area contributed by atoms with E-state index in [2.05, 4.69) is 10.1 Å². The highest BCUT2D eigenvalue weighted by molar-refractivity contribution is 5.85. The predicted molar refractivity (Wildman–Crippen MR) is 63.7 cm³/mol. The van der Waals surface area contributed by atoms with Gasteiger partial charge in [0, 0.05) is 0 Å². The van der Waals surface area contributed by atoms with Gasteiger partial charge in [0.05, 0.1) is 10.9 Å². The van der Waals surface area contributed by atoms with E-state index in [9.17, 15) is 9.59 Å². The molecular formula is C12H7N3O3. The largest absolute Gasteiger partial charge is 0.476 e. The number of fused-ring (bicyclic) bond motifs is 2. The predicted octanol–water partition coefficient (Wildman–Crippen LogP) is 0.941. The Morgan fingerprint density at radius 3 is 2.72 bits per heavy atom. The van der Waals surface area contributed by atoms with Crippen LogP contribution in [0.15, 0.2) is 41.2 Å². The Morgan fingerprint density at radius 2 is 1.94 bits per heavy atom. The van der Waals surface area contributed by atoms with Gasteiger partial charge in [0.2, 0.25) is 0 Å². The van der Waals surface area contributed by atoms with Crippen molar-refractivity contribution in [3.05, 3.63) is 52.4 Å². The number of rotatable bonds is 1. The average molecular weight is 241 g/mol. The molecule has 3 rings (SSSR count). The van der Waals surface area contributed by atoms with Gasteiger partial charge in [-0.25, -0.2) is 9.78 Å². The molecule has 0 aliphatic carbocycles. The molecular weight excluding hydrogens is 234 g/mol. The van der Waals surface area contributed by atoms with E-state index in [1.54, 1.807) is 24.3 Å². The van der Waals surface area contributed by atoms with E-state index in [-0.39, 0.29) is 11.3 Å². The first kappa shape index (κ1) is 10.4. The van der Waals surface area contributed by atoms with Crippen LogP contribution in [0.2, 0.25) is 0 Å². The number of aromatic nitrogens is 3. The molecule has 0 fully saturated rings. The third-order valence-corrected chi connectivity index (χ3v) is 2.60. The van der Waals surface area contributed by atoms with E-state index >= 15 is 0 Å². The smallest absolute Gasteiger partial charge is 0.356 e. The number of benzene rings is 1. The van der Waals surface area contributed by atoms with Crippen molar-refractivity contribution in [2.24, 2.45) is 0 Å². The molecule has 0 aliphatic heterocycles. The van der Waals surface area contributed by atoms with Gasteiger partial charge in [-0.3, -0.25) is 4.79 Å². The number of aromatic carboxylic acids is 1. The zero-order chi connectivity index (χ0) is 12.7. The molecule has 0 aliphatic rings. The zero-order valence-electron chi connectivity index (χ0n) is 9.07. The second-order valence-corrected chi connectivity index (χ2v) is 3.73. The minimum absolute atomic E-state index is 0.193. The topological polar surface area (TPSA) is 84.6 Å². The van der Waals surface area contributed by atoms with Crippen molar-refractivity contribution in [1.82, 2.24) is 14.6 Å². The van der Waals surface area contributed by atoms with Crippen LogP contribution in [0.1, 0.15) is 10.5 Å². The number of hydrogen-bond acceptors (Lipinski definition) is 4. The third kappa shape index (κ3) is 1.43. The Hall–Kier alpha value is -2.76. The van der Waals surface area contributed by atoms with E-state index < -0.39 is 5.97 Å². The second-order valence-electron chi connectivity index (χ2n) is 3.73. The fourth-order valence-electron chi connectivity index (χ4n) is 1.75. The molecule has 0 amide bonds. The Kier molecular flexibility index (Phi) is 2.09. The fourth-order valence-corrected chi connectivity index (χ4v) is 1.75. The average Bonchev–Trinajstić information content (AvgIpc) is 2.38. The van der Waals surface area contributed by atoms with Gasteiger partial charge in [-0.05, 0) is 24.3 Å². The van der Waals surface area contributed by atoms with Gasteiger partial charge in [0.15, 0.2) is 11.3 Å². The molecule has 3 aromatic rings. The van der Waals surface area contributed by atoms with Crippen LogP contribution >= 0.6 is 0 Å². The summed E-state index contributed by atoms with van der Waals surface area (Å²) in [5.74, 6) is -1.18. The molecule has 0 bridgehead atoms. The summed E-state index contributed by atoms with van der Waals surface area (Å²) in [4.78, 5) is 27.2. The van der Waals surface area contributed by atoms with Gasteiger partial charge in [0.25, 0.3) is 5.56 Å². The van der Waals surface area contributed by atoms with E-state index in [0.717, 1.165) is 4.52 Å². The van der Waals surface area contributed by atoms with Crippen LogP contribution in [0.5, 0.6) is 0 Å². The lowest BCUT2D eigenvalue weighted by Gasteiger charge is -2.02. The highest BCUT2D eigenvalue weighted by Gasteiger charge is 2.09. The summed E-state index contributed by atoms with van der Waals surface area (Å²) in [6, 6.07) is 9.64. The van der Waals surface area contributed by atoms with Crippen molar-refractivity contribution < 1.29 is 9.90 Å². The summed E-state index contributed by atoms with van der Waals surface area (Å²) < 4.78 is 1.01. The van der Waals surface area contributed by atoms with Crippen molar-refractivity contribution in [3.8, 4) is 0 Å². The van der Waals surface area contributed by atoms with Crippen molar-refractivity contribution >= 4 is 22.5 Å². The van der Waals surface area contributed by atoms with Gasteiger partial charge in [-0.1, -0.05) is 12.1 Å². The molecule has 18 heavy (non-hydrogen) atoms. The molecule has 2 aromatic heterocycles. The van der Waals surface area contributed by atoms with Crippen LogP contribution in [-0.2, 0) is 0 Å². The Bertz CT molecular complexity index is 839.